The molecule has 1 aromatic carbocycles. The van der Waals surface area contributed by atoms with Gasteiger partial charge in [-0.05, 0) is 51.3 Å². The van der Waals surface area contributed by atoms with Gasteiger partial charge in [0.2, 0.25) is 21.8 Å². The number of hydrogen-bond acceptors (Lipinski definition) is 5. The van der Waals surface area contributed by atoms with Crippen molar-refractivity contribution >= 4 is 33.2 Å². The number of benzene rings is 1. The highest BCUT2D eigenvalue weighted by Crippen LogP contribution is 2.13. The first kappa shape index (κ1) is 21.1. The summed E-state index contributed by atoms with van der Waals surface area (Å²) in [6.45, 7) is 2.19. The van der Waals surface area contributed by atoms with Crippen LogP contribution in [0.2, 0.25) is 0 Å². The Kier molecular flexibility index (Phi) is 8.01. The number of carbonyl (C=O) groups excluding carboxylic acids is 2. The first-order chi connectivity index (χ1) is 11.6. The van der Waals surface area contributed by atoms with Crippen LogP contribution in [0.4, 0.5) is 11.4 Å². The SMILES string of the molecule is CC(=O)Nc1ccc(NC(=O)CN(CCCN(C)C)S(C)(=O)=O)cc1. The largest absolute Gasteiger partial charge is 0.326 e. The summed E-state index contributed by atoms with van der Waals surface area (Å²) in [4.78, 5) is 25.1. The minimum Gasteiger partial charge on any atom is -0.326 e. The van der Waals surface area contributed by atoms with Crippen molar-refractivity contribution in [3.8, 4) is 0 Å². The molecule has 1 rings (SSSR count). The van der Waals surface area contributed by atoms with Crippen LogP contribution in [0.1, 0.15) is 13.3 Å². The number of hydrogen-bond donors (Lipinski definition) is 2. The molecule has 25 heavy (non-hydrogen) atoms. The Hall–Kier alpha value is -1.97. The molecule has 0 fully saturated rings. The van der Waals surface area contributed by atoms with E-state index in [1.807, 2.05) is 19.0 Å². The Bertz CT molecular complexity index is 687. The van der Waals surface area contributed by atoms with Gasteiger partial charge in [-0.15, -0.1) is 0 Å². The summed E-state index contributed by atoms with van der Waals surface area (Å²) in [6.07, 6.45) is 1.73. The van der Waals surface area contributed by atoms with Crippen molar-refractivity contribution in [1.29, 1.82) is 0 Å². The van der Waals surface area contributed by atoms with Gasteiger partial charge >= 0.3 is 0 Å². The van der Waals surface area contributed by atoms with E-state index in [2.05, 4.69) is 10.6 Å². The summed E-state index contributed by atoms with van der Waals surface area (Å²) in [5.74, 6) is -0.596. The topological polar surface area (TPSA) is 98.8 Å². The minimum atomic E-state index is -3.46. The maximum absolute atomic E-state index is 12.1. The van der Waals surface area contributed by atoms with E-state index in [0.717, 1.165) is 17.1 Å². The van der Waals surface area contributed by atoms with Crippen molar-refractivity contribution < 1.29 is 18.0 Å². The van der Waals surface area contributed by atoms with Gasteiger partial charge in [-0.3, -0.25) is 9.59 Å². The molecule has 0 aliphatic heterocycles. The van der Waals surface area contributed by atoms with Crippen LogP contribution in [0.3, 0.4) is 0 Å². The second kappa shape index (κ2) is 9.50. The van der Waals surface area contributed by atoms with Crippen LogP contribution in [0, 0.1) is 0 Å². The third kappa shape index (κ3) is 8.62. The Morgan fingerprint density at radius 2 is 1.52 bits per heavy atom. The standard InChI is InChI=1S/C16H26N4O4S/c1-13(21)17-14-6-8-15(9-7-14)18-16(22)12-20(25(4,23)24)11-5-10-19(2)3/h6-9H,5,10-12H2,1-4H3,(H,17,21)(H,18,22). The lowest BCUT2D eigenvalue weighted by molar-refractivity contribution is -0.116. The van der Waals surface area contributed by atoms with Crippen molar-refractivity contribution in [3.63, 3.8) is 0 Å². The zero-order valence-corrected chi connectivity index (χ0v) is 15.9. The number of nitrogens with one attached hydrogen (secondary N) is 2. The molecule has 140 valence electrons. The molecule has 0 aliphatic carbocycles. The van der Waals surface area contributed by atoms with E-state index in [0.29, 0.717) is 17.8 Å². The Morgan fingerprint density at radius 1 is 1.00 bits per heavy atom. The Morgan fingerprint density at radius 3 is 1.96 bits per heavy atom. The number of carbonyl (C=O) groups is 2. The third-order valence-corrected chi connectivity index (χ3v) is 4.54. The van der Waals surface area contributed by atoms with Gasteiger partial charge in [0.1, 0.15) is 0 Å². The Balaban J connectivity index is 2.63. The second-order valence-corrected chi connectivity index (χ2v) is 8.04. The smallest absolute Gasteiger partial charge is 0.239 e. The Labute approximate surface area is 149 Å². The predicted octanol–water partition coefficient (Wildman–Crippen LogP) is 0.797. The molecule has 1 aromatic rings. The van der Waals surface area contributed by atoms with Gasteiger partial charge in [0.25, 0.3) is 0 Å². The molecular weight excluding hydrogens is 344 g/mol. The number of anilines is 2. The molecule has 8 nitrogen and oxygen atoms in total. The van der Waals surface area contributed by atoms with Crippen LogP contribution in [0.15, 0.2) is 24.3 Å². The van der Waals surface area contributed by atoms with E-state index in [4.69, 9.17) is 0 Å². The van der Waals surface area contributed by atoms with Gasteiger partial charge in [-0.25, -0.2) is 8.42 Å². The summed E-state index contributed by atoms with van der Waals surface area (Å²) in [5.41, 5.74) is 1.15. The predicted molar refractivity (Wildman–Crippen MR) is 99.0 cm³/mol. The molecule has 0 bridgehead atoms. The van der Waals surface area contributed by atoms with Crippen LogP contribution in [-0.2, 0) is 19.6 Å². The van der Waals surface area contributed by atoms with Crippen molar-refractivity contribution in [2.75, 3.05) is 50.6 Å². The van der Waals surface area contributed by atoms with Gasteiger partial charge in [0.05, 0.1) is 12.8 Å². The highest BCUT2D eigenvalue weighted by Gasteiger charge is 2.19. The molecule has 0 aromatic heterocycles. The molecule has 9 heteroatoms. The van der Waals surface area contributed by atoms with E-state index in [1.54, 1.807) is 24.3 Å². The molecule has 0 saturated carbocycles. The van der Waals surface area contributed by atoms with Crippen molar-refractivity contribution in [3.05, 3.63) is 24.3 Å². The lowest BCUT2D eigenvalue weighted by atomic mass is 10.2. The summed E-state index contributed by atoms with van der Waals surface area (Å²) in [7, 11) is 0.346. The summed E-state index contributed by atoms with van der Waals surface area (Å²) < 4.78 is 24.8. The van der Waals surface area contributed by atoms with E-state index in [9.17, 15) is 18.0 Å². The molecule has 0 atom stereocenters. The fourth-order valence-electron chi connectivity index (χ4n) is 2.13. The van der Waals surface area contributed by atoms with Crippen LogP contribution < -0.4 is 10.6 Å². The van der Waals surface area contributed by atoms with Crippen LogP contribution in [-0.4, -0.2) is 69.4 Å². The molecule has 0 spiro atoms. The average Bonchev–Trinajstić information content (AvgIpc) is 2.46. The molecule has 2 amide bonds. The lowest BCUT2D eigenvalue weighted by Gasteiger charge is -2.20. The van der Waals surface area contributed by atoms with Gasteiger partial charge in [0, 0.05) is 24.8 Å². The van der Waals surface area contributed by atoms with Crippen LogP contribution in [0.25, 0.3) is 0 Å². The van der Waals surface area contributed by atoms with Gasteiger partial charge in [0.15, 0.2) is 0 Å². The fraction of sp³-hybridized carbons (Fsp3) is 0.500. The van der Waals surface area contributed by atoms with Gasteiger partial charge in [-0.1, -0.05) is 0 Å². The molecule has 0 heterocycles. The number of nitrogens with zero attached hydrogens (tertiary/aromatic N) is 2. The van der Waals surface area contributed by atoms with Gasteiger partial charge in [-0.2, -0.15) is 4.31 Å². The monoisotopic (exact) mass is 370 g/mol. The molecule has 2 N–H and O–H groups in total. The zero-order valence-electron chi connectivity index (χ0n) is 15.1. The summed E-state index contributed by atoms with van der Waals surface area (Å²) >= 11 is 0. The number of rotatable bonds is 9. The van der Waals surface area contributed by atoms with Crippen molar-refractivity contribution in [1.82, 2.24) is 9.21 Å². The molecule has 0 aliphatic rings. The maximum Gasteiger partial charge on any atom is 0.239 e. The summed E-state index contributed by atoms with van der Waals surface area (Å²) in [6, 6.07) is 6.59. The van der Waals surface area contributed by atoms with Crippen LogP contribution >= 0.6 is 0 Å². The highest BCUT2D eigenvalue weighted by atomic mass is 32.2. The van der Waals surface area contributed by atoms with E-state index in [1.165, 1.54) is 6.92 Å². The highest BCUT2D eigenvalue weighted by molar-refractivity contribution is 7.88. The maximum atomic E-state index is 12.1. The zero-order chi connectivity index (χ0) is 19.0. The molecular formula is C16H26N4O4S. The van der Waals surface area contributed by atoms with E-state index >= 15 is 0 Å². The van der Waals surface area contributed by atoms with E-state index in [-0.39, 0.29) is 19.0 Å². The summed E-state index contributed by atoms with van der Waals surface area (Å²) in [5, 5.41) is 5.28. The number of amides is 2. The first-order valence-corrected chi connectivity index (χ1v) is 9.70. The van der Waals surface area contributed by atoms with E-state index < -0.39 is 15.9 Å². The number of sulfonamides is 1. The molecule has 0 saturated heterocycles. The van der Waals surface area contributed by atoms with Crippen molar-refractivity contribution in [2.45, 2.75) is 13.3 Å². The normalized spacial score (nSPS) is 11.6. The lowest BCUT2D eigenvalue weighted by Crippen LogP contribution is -2.38. The quantitative estimate of drug-likeness (QED) is 0.670. The molecule has 0 unspecified atom stereocenters. The minimum absolute atomic E-state index is 0.182. The fourth-order valence-corrected chi connectivity index (χ4v) is 2.94. The molecule has 0 radical (unpaired) electrons. The second-order valence-electron chi connectivity index (χ2n) is 6.06. The third-order valence-electron chi connectivity index (χ3n) is 3.29. The van der Waals surface area contributed by atoms with Crippen LogP contribution in [0.5, 0.6) is 0 Å². The van der Waals surface area contributed by atoms with Gasteiger partial charge < -0.3 is 15.5 Å². The first-order valence-electron chi connectivity index (χ1n) is 7.85. The average molecular weight is 370 g/mol. The van der Waals surface area contributed by atoms with Crippen molar-refractivity contribution in [2.24, 2.45) is 0 Å².